The summed E-state index contributed by atoms with van der Waals surface area (Å²) in [6.07, 6.45) is 6.35. The van der Waals surface area contributed by atoms with Crippen molar-refractivity contribution in [1.82, 2.24) is 14.5 Å². The molecule has 172 valence electrons. The molecule has 2 aliphatic rings. The van der Waals surface area contributed by atoms with Crippen LogP contribution in [0.15, 0.2) is 41.9 Å². The summed E-state index contributed by atoms with van der Waals surface area (Å²) in [6, 6.07) is 6.26. The van der Waals surface area contributed by atoms with E-state index in [2.05, 4.69) is 26.5 Å². The first-order valence-electron chi connectivity index (χ1n) is 11.4. The summed E-state index contributed by atoms with van der Waals surface area (Å²) in [4.78, 5) is 25.5. The highest BCUT2D eigenvalue weighted by Crippen LogP contribution is 2.39. The van der Waals surface area contributed by atoms with Crippen molar-refractivity contribution < 1.29 is 18.8 Å². The molecule has 0 spiro atoms. The molecule has 2 aliphatic heterocycles. The maximum atomic E-state index is 13.3. The maximum Gasteiger partial charge on any atom is 0.313 e. The van der Waals surface area contributed by atoms with Crippen molar-refractivity contribution in [1.29, 1.82) is 0 Å². The van der Waals surface area contributed by atoms with Crippen LogP contribution in [0.3, 0.4) is 0 Å². The van der Waals surface area contributed by atoms with Crippen LogP contribution in [0.1, 0.15) is 50.8 Å². The van der Waals surface area contributed by atoms with Crippen LogP contribution < -0.4 is 0 Å². The lowest BCUT2D eigenvalue weighted by molar-refractivity contribution is -0.162. The van der Waals surface area contributed by atoms with Crippen LogP contribution in [0.5, 0.6) is 0 Å². The molecule has 0 amide bonds. The van der Waals surface area contributed by atoms with E-state index in [1.54, 1.807) is 12.1 Å². The average molecular weight is 443 g/mol. The second-order valence-electron chi connectivity index (χ2n) is 8.67. The van der Waals surface area contributed by atoms with Crippen molar-refractivity contribution >= 4 is 11.7 Å². The molecular formula is C24H31FN4O3. The molecule has 32 heavy (non-hydrogen) atoms. The van der Waals surface area contributed by atoms with Gasteiger partial charge < -0.3 is 14.1 Å². The number of hydrogen-bond acceptors (Lipinski definition) is 6. The molecule has 8 heteroatoms. The Morgan fingerprint density at radius 1 is 1.31 bits per heavy atom. The Morgan fingerprint density at radius 3 is 2.88 bits per heavy atom. The second-order valence-corrected chi connectivity index (χ2v) is 8.67. The van der Waals surface area contributed by atoms with Crippen molar-refractivity contribution in [2.45, 2.75) is 58.7 Å². The average Bonchev–Trinajstić information content (AvgIpc) is 3.44. The predicted octanol–water partition coefficient (Wildman–Crippen LogP) is 3.77. The Balaban J connectivity index is 1.47. The van der Waals surface area contributed by atoms with Gasteiger partial charge in [0.1, 0.15) is 11.9 Å². The van der Waals surface area contributed by atoms with Crippen molar-refractivity contribution in [3.63, 3.8) is 0 Å². The predicted molar refractivity (Wildman–Crippen MR) is 119 cm³/mol. The molecule has 4 rings (SSSR count). The molecule has 2 atom stereocenters. The minimum atomic E-state index is -0.635. The van der Waals surface area contributed by atoms with Crippen LogP contribution in [0.2, 0.25) is 0 Å². The molecule has 0 bridgehead atoms. The summed E-state index contributed by atoms with van der Waals surface area (Å²) in [7, 11) is 0. The normalized spacial score (nSPS) is 23.6. The van der Waals surface area contributed by atoms with Gasteiger partial charge in [-0.1, -0.05) is 17.3 Å². The number of likely N-dealkylation sites (tertiary alicyclic amines) is 1. The zero-order valence-corrected chi connectivity index (χ0v) is 18.8. The number of aromatic nitrogens is 2. The van der Waals surface area contributed by atoms with Crippen molar-refractivity contribution in [2.75, 3.05) is 19.7 Å². The number of nitrogens with zero attached hydrogens (tertiary/aromatic N) is 4. The number of carbonyl (C=O) groups is 1. The number of esters is 1. The van der Waals surface area contributed by atoms with E-state index >= 15 is 0 Å². The lowest BCUT2D eigenvalue weighted by Gasteiger charge is -2.41. The highest BCUT2D eigenvalue weighted by Gasteiger charge is 2.46. The van der Waals surface area contributed by atoms with E-state index in [1.807, 2.05) is 19.4 Å². The van der Waals surface area contributed by atoms with Gasteiger partial charge >= 0.3 is 5.97 Å². The smallest absolute Gasteiger partial charge is 0.313 e. The summed E-state index contributed by atoms with van der Waals surface area (Å²) in [5, 5.41) is 4.24. The fourth-order valence-corrected chi connectivity index (χ4v) is 4.84. The van der Waals surface area contributed by atoms with Crippen LogP contribution in [0.4, 0.5) is 4.39 Å². The molecule has 0 aliphatic carbocycles. The van der Waals surface area contributed by atoms with E-state index in [1.165, 1.54) is 12.1 Å². The number of oxime groups is 1. The second kappa shape index (κ2) is 9.81. The van der Waals surface area contributed by atoms with Gasteiger partial charge in [-0.25, -0.2) is 9.37 Å². The minimum absolute atomic E-state index is 0.160. The van der Waals surface area contributed by atoms with Crippen molar-refractivity contribution in [3.8, 4) is 0 Å². The largest absolute Gasteiger partial charge is 0.466 e. The highest BCUT2D eigenvalue weighted by molar-refractivity contribution is 6.01. The first kappa shape index (κ1) is 22.5. The van der Waals surface area contributed by atoms with Gasteiger partial charge in [0.15, 0.2) is 0 Å². The summed E-state index contributed by atoms with van der Waals surface area (Å²) in [6.45, 7) is 7.45. The van der Waals surface area contributed by atoms with Gasteiger partial charge in [-0.15, -0.1) is 0 Å². The van der Waals surface area contributed by atoms with Crippen LogP contribution >= 0.6 is 0 Å². The van der Waals surface area contributed by atoms with Gasteiger partial charge in [-0.3, -0.25) is 9.69 Å². The standard InChI is InChI=1S/C24H31FN4O3/c1-3-29-17-26-14-20(29)15-28-11-5-10-24(16-28,23(30)31-4-2)13-21-12-22(27-32-21)18-6-8-19(25)9-7-18/h6-9,14,17,21H,3-5,10-13,15-16H2,1-2H3/t21-,24-/m0/s1. The summed E-state index contributed by atoms with van der Waals surface area (Å²) in [5.41, 5.74) is 2.14. The maximum absolute atomic E-state index is 13.3. The van der Waals surface area contributed by atoms with E-state index in [0.29, 0.717) is 26.0 Å². The Labute approximate surface area is 188 Å². The van der Waals surface area contributed by atoms with E-state index in [4.69, 9.17) is 9.57 Å². The molecular weight excluding hydrogens is 411 g/mol. The third-order valence-electron chi connectivity index (χ3n) is 6.42. The van der Waals surface area contributed by atoms with Crippen LogP contribution in [-0.4, -0.2) is 51.9 Å². The van der Waals surface area contributed by atoms with Gasteiger partial charge in [0.05, 0.1) is 29.8 Å². The SMILES string of the molecule is CCOC(=O)[C@]1(C[C@@H]2CC(c3ccc(F)cc3)=NO2)CCCN(Cc2cncn2CC)C1. The number of benzene rings is 1. The lowest BCUT2D eigenvalue weighted by atomic mass is 9.74. The summed E-state index contributed by atoms with van der Waals surface area (Å²) < 4.78 is 20.9. The number of rotatable bonds is 8. The third-order valence-corrected chi connectivity index (χ3v) is 6.42. The molecule has 0 radical (unpaired) electrons. The number of halogens is 1. The molecule has 1 saturated heterocycles. The van der Waals surface area contributed by atoms with Crippen molar-refractivity contribution in [3.05, 3.63) is 53.9 Å². The van der Waals surface area contributed by atoms with E-state index in [-0.39, 0.29) is 17.9 Å². The van der Waals surface area contributed by atoms with Gasteiger partial charge in [0.2, 0.25) is 0 Å². The number of carbonyl (C=O) groups excluding carboxylic acids is 1. The molecule has 0 saturated carbocycles. The molecule has 0 N–H and O–H groups in total. The van der Waals surface area contributed by atoms with Gasteiger partial charge in [-0.2, -0.15) is 0 Å². The molecule has 1 aromatic heterocycles. The van der Waals surface area contributed by atoms with Gasteiger partial charge in [0.25, 0.3) is 0 Å². The fraction of sp³-hybridized carbons (Fsp3) is 0.542. The van der Waals surface area contributed by atoms with E-state index in [9.17, 15) is 9.18 Å². The summed E-state index contributed by atoms with van der Waals surface area (Å²) >= 11 is 0. The number of aryl methyl sites for hydroxylation is 1. The fourth-order valence-electron chi connectivity index (χ4n) is 4.84. The first-order chi connectivity index (χ1) is 15.5. The Morgan fingerprint density at radius 2 is 2.12 bits per heavy atom. The molecule has 1 aromatic carbocycles. The zero-order valence-electron chi connectivity index (χ0n) is 18.8. The van der Waals surface area contributed by atoms with E-state index < -0.39 is 5.41 Å². The summed E-state index contributed by atoms with van der Waals surface area (Å²) in [5.74, 6) is -0.440. The van der Waals surface area contributed by atoms with Gasteiger partial charge in [0, 0.05) is 38.7 Å². The Hall–Kier alpha value is -2.74. The van der Waals surface area contributed by atoms with Crippen LogP contribution in [0.25, 0.3) is 0 Å². The monoisotopic (exact) mass is 442 g/mol. The first-order valence-corrected chi connectivity index (χ1v) is 11.4. The van der Waals surface area contributed by atoms with Gasteiger partial charge in [-0.05, 0) is 50.9 Å². The third kappa shape index (κ3) is 4.85. The van der Waals surface area contributed by atoms with E-state index in [0.717, 1.165) is 49.4 Å². The molecule has 2 aromatic rings. The zero-order chi connectivity index (χ0) is 22.6. The number of hydrogen-bond donors (Lipinski definition) is 0. The van der Waals surface area contributed by atoms with Crippen LogP contribution in [-0.2, 0) is 27.5 Å². The number of imidazole rings is 1. The highest BCUT2D eigenvalue weighted by atomic mass is 19.1. The number of piperidine rings is 1. The molecule has 7 nitrogen and oxygen atoms in total. The molecule has 3 heterocycles. The quantitative estimate of drug-likeness (QED) is 0.582. The van der Waals surface area contributed by atoms with Crippen molar-refractivity contribution in [2.24, 2.45) is 10.6 Å². The van der Waals surface area contributed by atoms with Crippen LogP contribution in [0, 0.1) is 11.2 Å². The lowest BCUT2D eigenvalue weighted by Crippen LogP contribution is -2.50. The molecule has 0 unspecified atom stereocenters. The minimum Gasteiger partial charge on any atom is -0.466 e. The molecule has 1 fully saturated rings. The number of ether oxygens (including phenoxy) is 1. The Kier molecular flexibility index (Phi) is 6.89. The topological polar surface area (TPSA) is 69.0 Å². The Bertz CT molecular complexity index is 958.